The van der Waals surface area contributed by atoms with Crippen molar-refractivity contribution in [3.05, 3.63) is 0 Å². The number of nitrogens with zero attached hydrogens (tertiary/aromatic N) is 2. The van der Waals surface area contributed by atoms with Crippen molar-refractivity contribution in [2.45, 2.75) is 83.9 Å². The number of amides is 2. The lowest BCUT2D eigenvalue weighted by Crippen LogP contribution is -2.52. The SMILES string of the molecule is CC1CCCCC1NC(=NCC(=O)N(C)C)NCC(NC(=O)OC(C)(C)C)C1CC1.I. The van der Waals surface area contributed by atoms with Crippen molar-refractivity contribution in [1.29, 1.82) is 0 Å². The summed E-state index contributed by atoms with van der Waals surface area (Å²) in [6.07, 6.45) is 6.58. The van der Waals surface area contributed by atoms with Crippen LogP contribution in [0.3, 0.4) is 0 Å². The van der Waals surface area contributed by atoms with Crippen molar-refractivity contribution in [2.24, 2.45) is 16.8 Å². The van der Waals surface area contributed by atoms with E-state index in [4.69, 9.17) is 4.74 Å². The Morgan fingerprint density at radius 3 is 2.32 bits per heavy atom. The summed E-state index contributed by atoms with van der Waals surface area (Å²) in [5.74, 6) is 1.61. The standard InChI is InChI=1S/C22H41N5O3.HI/c1-15-9-7-8-10-17(15)25-20(24-14-19(28)27(5)6)23-13-18(16-11-12-16)26-21(29)30-22(2,3)4;/h15-18H,7-14H2,1-6H3,(H,26,29)(H2,23,24,25);1H. The molecule has 2 rings (SSSR count). The summed E-state index contributed by atoms with van der Waals surface area (Å²) < 4.78 is 5.42. The molecule has 31 heavy (non-hydrogen) atoms. The van der Waals surface area contributed by atoms with E-state index in [1.165, 1.54) is 19.3 Å². The number of guanidine groups is 1. The van der Waals surface area contributed by atoms with Crippen molar-refractivity contribution < 1.29 is 14.3 Å². The number of alkyl carbamates (subject to hydrolysis) is 1. The van der Waals surface area contributed by atoms with Crippen molar-refractivity contribution in [3.63, 3.8) is 0 Å². The van der Waals surface area contributed by atoms with Crippen molar-refractivity contribution in [3.8, 4) is 0 Å². The Balaban J connectivity index is 0.00000480. The highest BCUT2D eigenvalue weighted by atomic mass is 127. The quantitative estimate of drug-likeness (QED) is 0.257. The molecule has 3 N–H and O–H groups in total. The summed E-state index contributed by atoms with van der Waals surface area (Å²) in [6, 6.07) is 0.317. The summed E-state index contributed by atoms with van der Waals surface area (Å²) in [6.45, 7) is 8.48. The van der Waals surface area contributed by atoms with Crippen LogP contribution < -0.4 is 16.0 Å². The first-order valence-corrected chi connectivity index (χ1v) is 11.3. The minimum atomic E-state index is -0.524. The zero-order valence-corrected chi connectivity index (χ0v) is 22.3. The fraction of sp³-hybridized carbons (Fsp3) is 0.864. The highest BCUT2D eigenvalue weighted by Crippen LogP contribution is 2.32. The molecule has 0 aliphatic heterocycles. The van der Waals surface area contributed by atoms with Gasteiger partial charge in [-0.2, -0.15) is 0 Å². The predicted molar refractivity (Wildman–Crippen MR) is 135 cm³/mol. The Kier molecular flexibility index (Phi) is 11.4. The van der Waals surface area contributed by atoms with Crippen LogP contribution in [-0.2, 0) is 9.53 Å². The molecule has 0 radical (unpaired) electrons. The van der Waals surface area contributed by atoms with E-state index in [1.54, 1.807) is 19.0 Å². The first-order chi connectivity index (χ1) is 14.0. The molecule has 0 spiro atoms. The van der Waals surface area contributed by atoms with Gasteiger partial charge in [-0.25, -0.2) is 9.79 Å². The van der Waals surface area contributed by atoms with Crippen LogP contribution in [0.15, 0.2) is 4.99 Å². The number of likely N-dealkylation sites (N-methyl/N-ethyl adjacent to an activating group) is 1. The number of aliphatic imine (C=N–C) groups is 1. The van der Waals surface area contributed by atoms with E-state index >= 15 is 0 Å². The topological polar surface area (TPSA) is 95.1 Å². The number of hydrogen-bond acceptors (Lipinski definition) is 4. The minimum Gasteiger partial charge on any atom is -0.444 e. The summed E-state index contributed by atoms with van der Waals surface area (Å²) in [5.41, 5.74) is -0.524. The van der Waals surface area contributed by atoms with E-state index in [9.17, 15) is 9.59 Å². The Bertz CT molecular complexity index is 617. The van der Waals surface area contributed by atoms with Gasteiger partial charge in [-0.15, -0.1) is 24.0 Å². The van der Waals surface area contributed by atoms with Gasteiger partial charge >= 0.3 is 6.09 Å². The zero-order valence-electron chi connectivity index (χ0n) is 20.0. The maximum absolute atomic E-state index is 12.2. The smallest absolute Gasteiger partial charge is 0.407 e. The van der Waals surface area contributed by atoms with Gasteiger partial charge in [0.05, 0.1) is 6.04 Å². The summed E-state index contributed by atoms with van der Waals surface area (Å²) in [4.78, 5) is 30.3. The highest BCUT2D eigenvalue weighted by molar-refractivity contribution is 14.0. The van der Waals surface area contributed by atoms with E-state index in [0.29, 0.717) is 30.4 Å². The monoisotopic (exact) mass is 551 g/mol. The molecule has 9 heteroatoms. The van der Waals surface area contributed by atoms with Gasteiger partial charge in [-0.3, -0.25) is 4.79 Å². The molecule has 8 nitrogen and oxygen atoms in total. The number of rotatable bonds is 7. The molecule has 3 unspecified atom stereocenters. The Morgan fingerprint density at radius 1 is 1.13 bits per heavy atom. The lowest BCUT2D eigenvalue weighted by atomic mass is 9.86. The fourth-order valence-corrected chi connectivity index (χ4v) is 3.65. The molecule has 2 amide bonds. The van der Waals surface area contributed by atoms with Crippen LogP contribution in [0.4, 0.5) is 4.79 Å². The van der Waals surface area contributed by atoms with Crippen LogP contribution in [0, 0.1) is 11.8 Å². The molecule has 0 aromatic rings. The summed E-state index contributed by atoms with van der Waals surface area (Å²) >= 11 is 0. The molecular formula is C22H42IN5O3. The van der Waals surface area contributed by atoms with Gasteiger partial charge in [0, 0.05) is 26.7 Å². The van der Waals surface area contributed by atoms with Gasteiger partial charge in [0.15, 0.2) is 5.96 Å². The van der Waals surface area contributed by atoms with Crippen LogP contribution in [0.2, 0.25) is 0 Å². The fourth-order valence-electron chi connectivity index (χ4n) is 3.65. The molecule has 0 heterocycles. The maximum atomic E-state index is 12.2. The predicted octanol–water partition coefficient (Wildman–Crippen LogP) is 3.11. The lowest BCUT2D eigenvalue weighted by Gasteiger charge is -2.31. The summed E-state index contributed by atoms with van der Waals surface area (Å²) in [5, 5.41) is 9.90. The average molecular weight is 552 g/mol. The average Bonchev–Trinajstić information content (AvgIpc) is 3.47. The normalized spacial score (nSPS) is 22.6. The molecule has 0 aromatic carbocycles. The third-order valence-corrected chi connectivity index (χ3v) is 5.69. The van der Waals surface area contributed by atoms with Crippen LogP contribution in [0.25, 0.3) is 0 Å². The highest BCUT2D eigenvalue weighted by Gasteiger charge is 2.33. The number of ether oxygens (including phenoxy) is 1. The first kappa shape index (κ1) is 27.8. The molecule has 2 aliphatic carbocycles. The molecule has 0 saturated heterocycles. The molecule has 180 valence electrons. The van der Waals surface area contributed by atoms with E-state index in [-0.39, 0.29) is 42.5 Å². The zero-order chi connectivity index (χ0) is 22.3. The third-order valence-electron chi connectivity index (χ3n) is 5.69. The van der Waals surface area contributed by atoms with Crippen LogP contribution >= 0.6 is 24.0 Å². The molecule has 0 bridgehead atoms. The number of carbonyl (C=O) groups excluding carboxylic acids is 2. The second-order valence-electron chi connectivity index (χ2n) is 9.94. The van der Waals surface area contributed by atoms with Gasteiger partial charge < -0.3 is 25.6 Å². The van der Waals surface area contributed by atoms with Crippen LogP contribution in [-0.4, -0.2) is 67.7 Å². The third kappa shape index (κ3) is 10.7. The van der Waals surface area contributed by atoms with Gasteiger partial charge in [0.25, 0.3) is 0 Å². The molecule has 3 atom stereocenters. The van der Waals surface area contributed by atoms with E-state index < -0.39 is 11.7 Å². The number of nitrogens with one attached hydrogen (secondary N) is 3. The van der Waals surface area contributed by atoms with E-state index in [0.717, 1.165) is 19.3 Å². The van der Waals surface area contributed by atoms with Crippen LogP contribution in [0.5, 0.6) is 0 Å². The second-order valence-corrected chi connectivity index (χ2v) is 9.94. The van der Waals surface area contributed by atoms with Gasteiger partial charge in [0.1, 0.15) is 12.1 Å². The number of halogens is 1. The van der Waals surface area contributed by atoms with E-state index in [1.807, 2.05) is 20.8 Å². The van der Waals surface area contributed by atoms with Gasteiger partial charge in [-0.05, 0) is 58.3 Å². The largest absolute Gasteiger partial charge is 0.444 e. The Labute approximate surface area is 204 Å². The molecule has 0 aromatic heterocycles. The van der Waals surface area contributed by atoms with E-state index in [2.05, 4.69) is 27.9 Å². The van der Waals surface area contributed by atoms with Crippen molar-refractivity contribution >= 4 is 41.9 Å². The van der Waals surface area contributed by atoms with Crippen molar-refractivity contribution in [1.82, 2.24) is 20.9 Å². The lowest BCUT2D eigenvalue weighted by molar-refractivity contribution is -0.127. The first-order valence-electron chi connectivity index (χ1n) is 11.3. The van der Waals surface area contributed by atoms with Crippen LogP contribution in [0.1, 0.15) is 66.2 Å². The Morgan fingerprint density at radius 2 is 1.77 bits per heavy atom. The van der Waals surface area contributed by atoms with Gasteiger partial charge in [0.2, 0.25) is 5.91 Å². The number of hydrogen-bond donors (Lipinski definition) is 3. The molecule has 2 saturated carbocycles. The second kappa shape index (κ2) is 12.7. The Hall–Kier alpha value is -1.26. The minimum absolute atomic E-state index is 0. The number of carbonyl (C=O) groups is 2. The molecular weight excluding hydrogens is 509 g/mol. The summed E-state index contributed by atoms with van der Waals surface area (Å²) in [7, 11) is 3.46. The molecule has 2 fully saturated rings. The maximum Gasteiger partial charge on any atom is 0.407 e. The molecule has 2 aliphatic rings. The van der Waals surface area contributed by atoms with Gasteiger partial charge in [-0.1, -0.05) is 19.8 Å². The van der Waals surface area contributed by atoms with Crippen molar-refractivity contribution in [2.75, 3.05) is 27.2 Å².